The summed E-state index contributed by atoms with van der Waals surface area (Å²) >= 11 is 0. The number of pyridine rings is 1. The van der Waals surface area contributed by atoms with Gasteiger partial charge in [-0.05, 0) is 6.07 Å². The molecule has 1 unspecified atom stereocenters. The highest BCUT2D eigenvalue weighted by molar-refractivity contribution is 5.97. The predicted octanol–water partition coefficient (Wildman–Crippen LogP) is -0.886. The molecular formula is C11H13N3O4. The minimum Gasteiger partial charge on any atom is -0.506 e. The van der Waals surface area contributed by atoms with E-state index < -0.39 is 17.9 Å². The van der Waals surface area contributed by atoms with Crippen molar-refractivity contribution in [3.05, 3.63) is 24.0 Å². The van der Waals surface area contributed by atoms with Gasteiger partial charge in [0.05, 0.1) is 25.0 Å². The zero-order valence-electron chi connectivity index (χ0n) is 9.57. The normalized spacial score (nSPS) is 19.6. The number of nitrogens with two attached hydrogens (primary N) is 1. The molecule has 18 heavy (non-hydrogen) atoms. The highest BCUT2D eigenvalue weighted by Crippen LogP contribution is 2.15. The van der Waals surface area contributed by atoms with Crippen molar-refractivity contribution >= 4 is 11.8 Å². The summed E-state index contributed by atoms with van der Waals surface area (Å²) in [5.74, 6) is -1.12. The van der Waals surface area contributed by atoms with Gasteiger partial charge in [0.1, 0.15) is 11.8 Å². The molecule has 1 atom stereocenters. The van der Waals surface area contributed by atoms with E-state index in [1.54, 1.807) is 0 Å². The molecule has 1 fully saturated rings. The zero-order chi connectivity index (χ0) is 13.1. The van der Waals surface area contributed by atoms with E-state index in [1.807, 2.05) is 0 Å². The van der Waals surface area contributed by atoms with Gasteiger partial charge in [0, 0.05) is 12.7 Å². The van der Waals surface area contributed by atoms with Crippen LogP contribution in [-0.4, -0.2) is 52.6 Å². The first-order chi connectivity index (χ1) is 8.59. The maximum atomic E-state index is 12.2. The number of rotatable bonds is 2. The Kier molecular flexibility index (Phi) is 3.42. The van der Waals surface area contributed by atoms with Crippen LogP contribution in [-0.2, 0) is 9.53 Å². The molecule has 0 spiro atoms. The van der Waals surface area contributed by atoms with Crippen LogP contribution in [0.2, 0.25) is 0 Å². The van der Waals surface area contributed by atoms with Crippen molar-refractivity contribution < 1.29 is 19.4 Å². The molecule has 2 rings (SSSR count). The van der Waals surface area contributed by atoms with Gasteiger partial charge >= 0.3 is 0 Å². The number of amides is 2. The molecule has 0 aliphatic carbocycles. The van der Waals surface area contributed by atoms with E-state index >= 15 is 0 Å². The van der Waals surface area contributed by atoms with E-state index in [0.717, 1.165) is 0 Å². The Morgan fingerprint density at radius 2 is 2.28 bits per heavy atom. The average Bonchev–Trinajstić information content (AvgIpc) is 2.38. The first-order valence-electron chi connectivity index (χ1n) is 5.41. The van der Waals surface area contributed by atoms with E-state index in [0.29, 0.717) is 6.61 Å². The lowest BCUT2D eigenvalue weighted by atomic mass is 10.1. The molecule has 1 aromatic heterocycles. The second-order valence-electron chi connectivity index (χ2n) is 3.92. The zero-order valence-corrected chi connectivity index (χ0v) is 9.57. The molecule has 7 nitrogen and oxygen atoms in total. The number of ether oxygens (including phenoxy) is 1. The third-order valence-electron chi connectivity index (χ3n) is 2.69. The first-order valence-corrected chi connectivity index (χ1v) is 5.41. The van der Waals surface area contributed by atoms with Crippen molar-refractivity contribution in [1.82, 2.24) is 9.88 Å². The molecule has 1 aliphatic rings. The summed E-state index contributed by atoms with van der Waals surface area (Å²) < 4.78 is 5.12. The minimum atomic E-state index is -0.784. The maximum absolute atomic E-state index is 12.2. The summed E-state index contributed by atoms with van der Waals surface area (Å²) in [5, 5.41) is 9.29. The monoisotopic (exact) mass is 251 g/mol. The highest BCUT2D eigenvalue weighted by atomic mass is 16.5. The van der Waals surface area contributed by atoms with Crippen molar-refractivity contribution in [2.24, 2.45) is 5.73 Å². The third-order valence-corrected chi connectivity index (χ3v) is 2.69. The molecule has 0 saturated carbocycles. The average molecular weight is 251 g/mol. The molecular weight excluding hydrogens is 238 g/mol. The van der Waals surface area contributed by atoms with Gasteiger partial charge in [0.25, 0.3) is 5.91 Å². The van der Waals surface area contributed by atoms with Crippen LogP contribution in [0.15, 0.2) is 18.5 Å². The number of aromatic nitrogens is 1. The standard InChI is InChI=1S/C11H13N3O4/c12-10(16)9-6-18-2-1-14(9)11(17)7-3-8(15)5-13-4-7/h3-5,9,15H,1-2,6H2,(H2,12,16). The van der Waals surface area contributed by atoms with Crippen molar-refractivity contribution in [2.45, 2.75) is 6.04 Å². The van der Waals surface area contributed by atoms with Gasteiger partial charge in [-0.15, -0.1) is 0 Å². The van der Waals surface area contributed by atoms with E-state index in [-0.39, 0.29) is 24.5 Å². The topological polar surface area (TPSA) is 106 Å². The molecule has 1 aromatic rings. The number of hydrogen-bond donors (Lipinski definition) is 2. The maximum Gasteiger partial charge on any atom is 0.256 e. The number of carbonyl (C=O) groups is 2. The van der Waals surface area contributed by atoms with Gasteiger partial charge in [-0.2, -0.15) is 0 Å². The molecule has 2 amide bonds. The van der Waals surface area contributed by atoms with Crippen LogP contribution in [0.1, 0.15) is 10.4 Å². The Labute approximate surface area is 103 Å². The molecule has 96 valence electrons. The fourth-order valence-electron chi connectivity index (χ4n) is 1.79. The van der Waals surface area contributed by atoms with E-state index in [4.69, 9.17) is 10.5 Å². The van der Waals surface area contributed by atoms with Crippen LogP contribution in [0.25, 0.3) is 0 Å². The lowest BCUT2D eigenvalue weighted by Gasteiger charge is -2.33. The van der Waals surface area contributed by atoms with E-state index in [9.17, 15) is 14.7 Å². The summed E-state index contributed by atoms with van der Waals surface area (Å²) in [4.78, 5) is 28.5. The molecule has 0 aromatic carbocycles. The van der Waals surface area contributed by atoms with Gasteiger partial charge in [0.15, 0.2) is 0 Å². The summed E-state index contributed by atoms with van der Waals surface area (Å²) in [6.45, 7) is 0.719. The summed E-state index contributed by atoms with van der Waals surface area (Å²) in [6.07, 6.45) is 2.55. The molecule has 0 bridgehead atoms. The summed E-state index contributed by atoms with van der Waals surface area (Å²) in [6, 6.07) is 0.511. The molecule has 0 radical (unpaired) electrons. The molecule has 2 heterocycles. The van der Waals surface area contributed by atoms with E-state index in [2.05, 4.69) is 4.98 Å². The lowest BCUT2D eigenvalue weighted by molar-refractivity contribution is -0.127. The number of nitrogens with zero attached hydrogens (tertiary/aromatic N) is 2. The van der Waals surface area contributed by atoms with Gasteiger partial charge in [-0.1, -0.05) is 0 Å². The van der Waals surface area contributed by atoms with Crippen LogP contribution in [0.3, 0.4) is 0 Å². The quantitative estimate of drug-likeness (QED) is 0.709. The second kappa shape index (κ2) is 5.01. The molecule has 1 aliphatic heterocycles. The third kappa shape index (κ3) is 2.40. The number of morpholine rings is 1. The fourth-order valence-corrected chi connectivity index (χ4v) is 1.79. The van der Waals surface area contributed by atoms with Crippen LogP contribution in [0, 0.1) is 0 Å². The SMILES string of the molecule is NC(=O)C1COCCN1C(=O)c1cncc(O)c1. The van der Waals surface area contributed by atoms with Gasteiger partial charge in [-0.3, -0.25) is 14.6 Å². The molecule has 3 N–H and O–H groups in total. The van der Waals surface area contributed by atoms with Gasteiger partial charge < -0.3 is 20.5 Å². The Morgan fingerprint density at radius 3 is 2.94 bits per heavy atom. The van der Waals surface area contributed by atoms with Crippen molar-refractivity contribution in [3.63, 3.8) is 0 Å². The van der Waals surface area contributed by atoms with Crippen LogP contribution < -0.4 is 5.73 Å². The van der Waals surface area contributed by atoms with E-state index in [1.165, 1.54) is 23.4 Å². The van der Waals surface area contributed by atoms with Crippen molar-refractivity contribution in [2.75, 3.05) is 19.8 Å². The van der Waals surface area contributed by atoms with Crippen molar-refractivity contribution in [1.29, 1.82) is 0 Å². The Morgan fingerprint density at radius 1 is 1.50 bits per heavy atom. The number of aromatic hydroxyl groups is 1. The Balaban J connectivity index is 2.23. The second-order valence-corrected chi connectivity index (χ2v) is 3.92. The van der Waals surface area contributed by atoms with Crippen LogP contribution in [0.5, 0.6) is 5.75 Å². The number of primary amides is 1. The largest absolute Gasteiger partial charge is 0.506 e. The number of carbonyl (C=O) groups excluding carboxylic acids is 2. The van der Waals surface area contributed by atoms with Gasteiger partial charge in [0.2, 0.25) is 5.91 Å². The first kappa shape index (κ1) is 12.3. The summed E-state index contributed by atoms with van der Waals surface area (Å²) in [5.41, 5.74) is 5.44. The fraction of sp³-hybridized carbons (Fsp3) is 0.364. The smallest absolute Gasteiger partial charge is 0.256 e. The van der Waals surface area contributed by atoms with Crippen molar-refractivity contribution in [3.8, 4) is 5.75 Å². The molecule has 7 heteroatoms. The van der Waals surface area contributed by atoms with Gasteiger partial charge in [-0.25, -0.2) is 0 Å². The highest BCUT2D eigenvalue weighted by Gasteiger charge is 2.32. The predicted molar refractivity (Wildman–Crippen MR) is 60.7 cm³/mol. The summed E-state index contributed by atoms with van der Waals surface area (Å²) in [7, 11) is 0. The molecule has 1 saturated heterocycles. The Bertz CT molecular complexity index is 477. The van der Waals surface area contributed by atoms with Crippen LogP contribution in [0.4, 0.5) is 0 Å². The Hall–Kier alpha value is -2.15. The number of hydrogen-bond acceptors (Lipinski definition) is 5. The van der Waals surface area contributed by atoms with Crippen LogP contribution >= 0.6 is 0 Å². The lowest BCUT2D eigenvalue weighted by Crippen LogP contribution is -2.54. The minimum absolute atomic E-state index is 0.0906.